The number of carbonyl (C=O) groups excluding carboxylic acids is 2. The third-order valence-corrected chi connectivity index (χ3v) is 4.68. The molecule has 27 heavy (non-hydrogen) atoms. The first-order chi connectivity index (χ1) is 13.0. The summed E-state index contributed by atoms with van der Waals surface area (Å²) in [7, 11) is 1.91. The van der Waals surface area contributed by atoms with Gasteiger partial charge in [-0.15, -0.1) is 0 Å². The van der Waals surface area contributed by atoms with Gasteiger partial charge in [-0.2, -0.15) is 0 Å². The molecule has 0 spiro atoms. The molecular weight excluding hydrogens is 342 g/mol. The molecule has 2 N–H and O–H groups in total. The van der Waals surface area contributed by atoms with Crippen LogP contribution in [0, 0.1) is 0 Å². The fraction of sp³-hybridized carbons (Fsp3) is 0.333. The second-order valence-corrected chi connectivity index (χ2v) is 6.82. The summed E-state index contributed by atoms with van der Waals surface area (Å²) in [4.78, 5) is 28.1. The average Bonchev–Trinajstić information content (AvgIpc) is 2.67. The largest absolute Gasteiger partial charge is 0.477 e. The zero-order valence-corrected chi connectivity index (χ0v) is 15.7. The molecular formula is C21H25N3O3. The van der Waals surface area contributed by atoms with E-state index in [-0.39, 0.29) is 19.0 Å². The molecule has 2 aromatic rings. The minimum absolute atomic E-state index is 0.0929. The number of para-hydroxylation sites is 2. The molecule has 1 aliphatic heterocycles. The highest BCUT2D eigenvalue weighted by molar-refractivity contribution is 5.98. The van der Waals surface area contributed by atoms with E-state index in [1.807, 2.05) is 24.1 Å². The monoisotopic (exact) mass is 367 g/mol. The van der Waals surface area contributed by atoms with Gasteiger partial charge in [0.25, 0.3) is 5.91 Å². The number of nitrogens with zero attached hydrogens (tertiary/aromatic N) is 2. The number of amides is 2. The molecule has 3 rings (SSSR count). The van der Waals surface area contributed by atoms with E-state index in [2.05, 4.69) is 31.2 Å². The number of rotatable bonds is 6. The van der Waals surface area contributed by atoms with Crippen LogP contribution in [-0.4, -0.2) is 43.0 Å². The van der Waals surface area contributed by atoms with Crippen molar-refractivity contribution in [1.29, 1.82) is 0 Å². The molecule has 0 saturated heterocycles. The number of anilines is 1. The summed E-state index contributed by atoms with van der Waals surface area (Å²) in [6, 6.07) is 15.6. The van der Waals surface area contributed by atoms with E-state index in [1.54, 1.807) is 17.0 Å². The van der Waals surface area contributed by atoms with E-state index in [9.17, 15) is 9.59 Å². The molecule has 0 aliphatic carbocycles. The lowest BCUT2D eigenvalue weighted by Gasteiger charge is -2.34. The second-order valence-electron chi connectivity index (χ2n) is 6.82. The van der Waals surface area contributed by atoms with Crippen molar-refractivity contribution in [3.8, 4) is 5.75 Å². The molecule has 6 heteroatoms. The standard InChI is InChI=1S/C21H25N3O3/c1-3-15-8-10-16(11-9-15)12-23(2)14-20(25)24-13-19(21(22)26)27-18-7-5-4-6-17(18)24/h4-11,19H,3,12-14H2,1-2H3,(H2,22,26). The van der Waals surface area contributed by atoms with Crippen LogP contribution in [0.1, 0.15) is 18.1 Å². The smallest absolute Gasteiger partial charge is 0.260 e. The second kappa shape index (κ2) is 8.22. The van der Waals surface area contributed by atoms with Gasteiger partial charge < -0.3 is 15.4 Å². The van der Waals surface area contributed by atoms with Crippen LogP contribution in [0.3, 0.4) is 0 Å². The number of ether oxygens (including phenoxy) is 1. The molecule has 1 heterocycles. The number of aryl methyl sites for hydroxylation is 1. The van der Waals surface area contributed by atoms with Gasteiger partial charge in [0.1, 0.15) is 5.75 Å². The van der Waals surface area contributed by atoms with Gasteiger partial charge in [-0.1, -0.05) is 43.3 Å². The van der Waals surface area contributed by atoms with Gasteiger partial charge in [-0.3, -0.25) is 14.5 Å². The maximum atomic E-state index is 12.9. The molecule has 2 aromatic carbocycles. The van der Waals surface area contributed by atoms with Gasteiger partial charge in [0.15, 0.2) is 6.10 Å². The fourth-order valence-corrected chi connectivity index (χ4v) is 3.18. The summed E-state index contributed by atoms with van der Waals surface area (Å²) >= 11 is 0. The van der Waals surface area contributed by atoms with Crippen LogP contribution >= 0.6 is 0 Å². The Kier molecular flexibility index (Phi) is 5.76. The van der Waals surface area contributed by atoms with Gasteiger partial charge in [0.05, 0.1) is 18.8 Å². The normalized spacial score (nSPS) is 16.0. The van der Waals surface area contributed by atoms with Crippen molar-refractivity contribution in [3.05, 3.63) is 59.7 Å². The number of benzene rings is 2. The van der Waals surface area contributed by atoms with E-state index in [1.165, 1.54) is 5.56 Å². The van der Waals surface area contributed by atoms with E-state index >= 15 is 0 Å². The molecule has 6 nitrogen and oxygen atoms in total. The molecule has 1 aliphatic rings. The van der Waals surface area contributed by atoms with Gasteiger partial charge in [-0.05, 0) is 36.7 Å². The van der Waals surface area contributed by atoms with Gasteiger partial charge in [0, 0.05) is 6.54 Å². The number of likely N-dealkylation sites (N-methyl/N-ethyl adjacent to an activating group) is 1. The van der Waals surface area contributed by atoms with Crippen LogP contribution in [0.5, 0.6) is 5.75 Å². The lowest BCUT2D eigenvalue weighted by Crippen LogP contribution is -2.51. The van der Waals surface area contributed by atoms with Gasteiger partial charge in [-0.25, -0.2) is 0 Å². The summed E-state index contributed by atoms with van der Waals surface area (Å²) in [5, 5.41) is 0. The summed E-state index contributed by atoms with van der Waals surface area (Å²) in [6.07, 6.45) is 0.169. The predicted octanol–water partition coefficient (Wildman–Crippen LogP) is 1.96. The SMILES string of the molecule is CCc1ccc(CN(C)CC(=O)N2CC(C(N)=O)Oc3ccccc32)cc1. The molecule has 0 fully saturated rings. The van der Waals surface area contributed by atoms with E-state index < -0.39 is 12.0 Å². The van der Waals surface area contributed by atoms with Crippen LogP contribution in [-0.2, 0) is 22.6 Å². The number of fused-ring (bicyclic) bond motifs is 1. The Morgan fingerprint density at radius 2 is 1.81 bits per heavy atom. The molecule has 142 valence electrons. The zero-order chi connectivity index (χ0) is 19.4. The Morgan fingerprint density at radius 3 is 2.48 bits per heavy atom. The van der Waals surface area contributed by atoms with Crippen molar-refractivity contribution >= 4 is 17.5 Å². The maximum absolute atomic E-state index is 12.9. The predicted molar refractivity (Wildman–Crippen MR) is 105 cm³/mol. The van der Waals surface area contributed by atoms with Gasteiger partial charge in [0.2, 0.25) is 5.91 Å². The highest BCUT2D eigenvalue weighted by atomic mass is 16.5. The highest BCUT2D eigenvalue weighted by Crippen LogP contribution is 2.33. The third-order valence-electron chi connectivity index (χ3n) is 4.68. The van der Waals surface area contributed by atoms with Gasteiger partial charge >= 0.3 is 0 Å². The number of primary amides is 1. The molecule has 0 bridgehead atoms. The topological polar surface area (TPSA) is 75.9 Å². The van der Waals surface area contributed by atoms with Crippen LogP contribution < -0.4 is 15.4 Å². The number of nitrogens with two attached hydrogens (primary N) is 1. The Balaban J connectivity index is 1.69. The zero-order valence-electron chi connectivity index (χ0n) is 15.7. The van der Waals surface area contributed by atoms with Crippen LogP contribution in [0.4, 0.5) is 5.69 Å². The van der Waals surface area contributed by atoms with E-state index in [0.717, 1.165) is 12.0 Å². The molecule has 2 amide bonds. The van der Waals surface area contributed by atoms with E-state index in [4.69, 9.17) is 10.5 Å². The van der Waals surface area contributed by atoms with Crippen molar-refractivity contribution < 1.29 is 14.3 Å². The summed E-state index contributed by atoms with van der Waals surface area (Å²) < 4.78 is 5.61. The third kappa shape index (κ3) is 4.46. The maximum Gasteiger partial charge on any atom is 0.260 e. The number of carbonyl (C=O) groups is 2. The summed E-state index contributed by atoms with van der Waals surface area (Å²) in [6.45, 7) is 3.15. The van der Waals surface area contributed by atoms with Crippen molar-refractivity contribution in [1.82, 2.24) is 4.90 Å². The molecule has 0 saturated carbocycles. The van der Waals surface area contributed by atoms with Crippen LogP contribution in [0.2, 0.25) is 0 Å². The molecule has 0 aromatic heterocycles. The van der Waals surface area contributed by atoms with Crippen molar-refractivity contribution in [2.75, 3.05) is 25.0 Å². The molecule has 1 unspecified atom stereocenters. The Hall–Kier alpha value is -2.86. The Labute approximate surface area is 159 Å². The van der Waals surface area contributed by atoms with Crippen molar-refractivity contribution in [3.63, 3.8) is 0 Å². The van der Waals surface area contributed by atoms with Crippen LogP contribution in [0.25, 0.3) is 0 Å². The average molecular weight is 367 g/mol. The first-order valence-electron chi connectivity index (χ1n) is 9.09. The highest BCUT2D eigenvalue weighted by Gasteiger charge is 2.32. The van der Waals surface area contributed by atoms with Crippen molar-refractivity contribution in [2.45, 2.75) is 26.0 Å². The lowest BCUT2D eigenvalue weighted by atomic mass is 10.1. The van der Waals surface area contributed by atoms with Crippen LogP contribution in [0.15, 0.2) is 48.5 Å². The molecule has 0 radical (unpaired) electrons. The first-order valence-corrected chi connectivity index (χ1v) is 9.09. The Morgan fingerprint density at radius 1 is 1.15 bits per heavy atom. The minimum Gasteiger partial charge on any atom is -0.477 e. The minimum atomic E-state index is -0.837. The number of hydrogen-bond donors (Lipinski definition) is 1. The summed E-state index contributed by atoms with van der Waals surface area (Å²) in [5.41, 5.74) is 8.51. The Bertz CT molecular complexity index is 820. The fourth-order valence-electron chi connectivity index (χ4n) is 3.18. The summed E-state index contributed by atoms with van der Waals surface area (Å²) in [5.74, 6) is -0.171. The number of hydrogen-bond acceptors (Lipinski definition) is 4. The quantitative estimate of drug-likeness (QED) is 0.847. The lowest BCUT2D eigenvalue weighted by molar-refractivity contribution is -0.125. The molecule has 1 atom stereocenters. The van der Waals surface area contributed by atoms with Crippen molar-refractivity contribution in [2.24, 2.45) is 5.73 Å². The van der Waals surface area contributed by atoms with E-state index in [0.29, 0.717) is 18.0 Å². The first kappa shape index (κ1) is 18.9.